The van der Waals surface area contributed by atoms with Gasteiger partial charge in [-0.2, -0.15) is 0 Å². The van der Waals surface area contributed by atoms with Crippen LogP contribution in [0.3, 0.4) is 0 Å². The number of hydrogen-bond acceptors (Lipinski definition) is 4. The van der Waals surface area contributed by atoms with Crippen LogP contribution in [-0.2, 0) is 9.84 Å². The van der Waals surface area contributed by atoms with Gasteiger partial charge in [0.05, 0.1) is 9.79 Å². The van der Waals surface area contributed by atoms with Gasteiger partial charge in [0.25, 0.3) is 0 Å². The Kier molecular flexibility index (Phi) is 4.04. The molecule has 1 saturated heterocycles. The summed E-state index contributed by atoms with van der Waals surface area (Å²) < 4.78 is 38.9. The Morgan fingerprint density at radius 1 is 1.08 bits per heavy atom. The maximum Gasteiger partial charge on any atom is 0.206 e. The molecule has 3 atom stereocenters. The van der Waals surface area contributed by atoms with Gasteiger partial charge in [-0.25, -0.2) is 12.8 Å². The van der Waals surface area contributed by atoms with Gasteiger partial charge in [0.15, 0.2) is 0 Å². The van der Waals surface area contributed by atoms with Crippen LogP contribution < -0.4 is 10.6 Å². The molecule has 2 heterocycles. The second kappa shape index (κ2) is 6.11. The van der Waals surface area contributed by atoms with Crippen LogP contribution in [0.15, 0.2) is 52.3 Å². The van der Waals surface area contributed by atoms with E-state index in [1.54, 1.807) is 12.1 Å². The van der Waals surface area contributed by atoms with E-state index in [2.05, 4.69) is 17.6 Å². The summed E-state index contributed by atoms with van der Waals surface area (Å²) in [5.74, 6) is 0.334. The van der Waals surface area contributed by atoms with Crippen molar-refractivity contribution >= 4 is 15.5 Å². The molecule has 2 aliphatic rings. The fourth-order valence-corrected chi connectivity index (χ4v) is 5.25. The summed E-state index contributed by atoms with van der Waals surface area (Å²) in [7, 11) is -3.65. The van der Waals surface area contributed by atoms with Crippen molar-refractivity contribution < 1.29 is 12.8 Å². The zero-order valence-electron chi connectivity index (χ0n) is 14.0. The van der Waals surface area contributed by atoms with E-state index in [0.717, 1.165) is 30.8 Å². The molecule has 0 amide bonds. The molecule has 132 valence electrons. The Morgan fingerprint density at radius 2 is 1.80 bits per heavy atom. The van der Waals surface area contributed by atoms with Crippen molar-refractivity contribution in [1.82, 2.24) is 5.32 Å². The summed E-state index contributed by atoms with van der Waals surface area (Å²) in [6.07, 6.45) is 0.981. The number of halogens is 1. The second-order valence-corrected chi connectivity index (χ2v) is 8.90. The highest BCUT2D eigenvalue weighted by Crippen LogP contribution is 2.43. The summed E-state index contributed by atoms with van der Waals surface area (Å²) >= 11 is 0. The minimum Gasteiger partial charge on any atom is -0.381 e. The zero-order chi connectivity index (χ0) is 17.6. The maximum atomic E-state index is 13.1. The van der Waals surface area contributed by atoms with E-state index >= 15 is 0 Å². The molecular formula is C19H21FN2O2S. The monoisotopic (exact) mass is 360 g/mol. The molecular weight excluding hydrogens is 339 g/mol. The van der Waals surface area contributed by atoms with Crippen LogP contribution >= 0.6 is 0 Å². The average molecular weight is 360 g/mol. The average Bonchev–Trinajstić information content (AvgIpc) is 2.87. The van der Waals surface area contributed by atoms with E-state index in [1.165, 1.54) is 24.3 Å². The van der Waals surface area contributed by atoms with E-state index in [0.29, 0.717) is 17.9 Å². The van der Waals surface area contributed by atoms with Crippen LogP contribution in [0.4, 0.5) is 10.1 Å². The van der Waals surface area contributed by atoms with Gasteiger partial charge < -0.3 is 10.6 Å². The summed E-state index contributed by atoms with van der Waals surface area (Å²) in [5, 5.41) is 7.01. The van der Waals surface area contributed by atoms with Crippen LogP contribution in [-0.4, -0.2) is 27.5 Å². The highest BCUT2D eigenvalue weighted by Gasteiger charge is 2.37. The number of hydrogen-bond donors (Lipinski definition) is 2. The van der Waals surface area contributed by atoms with Crippen molar-refractivity contribution in [1.29, 1.82) is 0 Å². The quantitative estimate of drug-likeness (QED) is 0.808. The van der Waals surface area contributed by atoms with Crippen molar-refractivity contribution in [2.75, 3.05) is 18.4 Å². The molecule has 0 aliphatic carbocycles. The molecule has 0 spiro atoms. The Balaban J connectivity index is 1.74. The normalized spacial score (nSPS) is 25.6. The fraction of sp³-hybridized carbons (Fsp3) is 0.368. The predicted molar refractivity (Wildman–Crippen MR) is 95.1 cm³/mol. The van der Waals surface area contributed by atoms with Crippen molar-refractivity contribution in [2.24, 2.45) is 5.92 Å². The lowest BCUT2D eigenvalue weighted by Gasteiger charge is -2.22. The lowest BCUT2D eigenvalue weighted by molar-refractivity contribution is 0.454. The number of rotatable bonds is 2. The van der Waals surface area contributed by atoms with E-state index in [1.807, 2.05) is 6.07 Å². The SMILES string of the molecule is CC1CNCC[C@H]2c3cc(S(=O)(=O)c4ccc(F)cc4)ccc3NC12. The molecule has 0 saturated carbocycles. The van der Waals surface area contributed by atoms with Crippen LogP contribution in [0.1, 0.15) is 24.8 Å². The highest BCUT2D eigenvalue weighted by atomic mass is 32.2. The van der Waals surface area contributed by atoms with Gasteiger partial charge in [0.2, 0.25) is 9.84 Å². The van der Waals surface area contributed by atoms with Gasteiger partial charge in [0, 0.05) is 17.6 Å². The van der Waals surface area contributed by atoms with Crippen molar-refractivity contribution in [3.63, 3.8) is 0 Å². The number of benzene rings is 2. The molecule has 1 fully saturated rings. The van der Waals surface area contributed by atoms with Crippen LogP contribution in [0, 0.1) is 11.7 Å². The van der Waals surface area contributed by atoms with Crippen molar-refractivity contribution in [2.45, 2.75) is 35.1 Å². The Hall–Kier alpha value is -1.92. The first-order chi connectivity index (χ1) is 12.0. The standard InChI is InChI=1S/C19H21FN2O2S/c1-12-11-21-9-8-16-17-10-15(6-7-18(17)22-19(12)16)25(23,24)14-4-2-13(20)3-5-14/h2-7,10,12,16,19,21-22H,8-9,11H2,1H3/t12?,16-,19?/m0/s1. The third-order valence-electron chi connectivity index (χ3n) is 5.32. The summed E-state index contributed by atoms with van der Waals surface area (Å²) in [6.45, 7) is 4.11. The van der Waals surface area contributed by atoms with Gasteiger partial charge in [-0.05, 0) is 73.5 Å². The van der Waals surface area contributed by atoms with E-state index in [9.17, 15) is 12.8 Å². The molecule has 4 nitrogen and oxygen atoms in total. The summed E-state index contributed by atoms with van der Waals surface area (Å²) in [4.78, 5) is 0.387. The first kappa shape index (κ1) is 16.5. The third kappa shape index (κ3) is 2.83. The Labute approximate surface area is 147 Å². The number of anilines is 1. The van der Waals surface area contributed by atoms with Crippen molar-refractivity contribution in [3.8, 4) is 0 Å². The first-order valence-corrected chi connectivity index (χ1v) is 10.1. The topological polar surface area (TPSA) is 58.2 Å². The molecule has 0 radical (unpaired) electrons. The molecule has 2 N–H and O–H groups in total. The van der Waals surface area contributed by atoms with Crippen LogP contribution in [0.2, 0.25) is 0 Å². The minimum atomic E-state index is -3.65. The molecule has 0 aromatic heterocycles. The van der Waals surface area contributed by atoms with Gasteiger partial charge in [0.1, 0.15) is 5.82 Å². The molecule has 0 bridgehead atoms. The Bertz CT molecular complexity index is 896. The zero-order valence-corrected chi connectivity index (χ0v) is 14.8. The second-order valence-electron chi connectivity index (χ2n) is 6.95. The van der Waals surface area contributed by atoms with E-state index < -0.39 is 15.7 Å². The largest absolute Gasteiger partial charge is 0.381 e. The van der Waals surface area contributed by atoms with Gasteiger partial charge in [-0.1, -0.05) is 6.92 Å². The van der Waals surface area contributed by atoms with Crippen LogP contribution in [0.25, 0.3) is 0 Å². The maximum absolute atomic E-state index is 13.1. The molecule has 6 heteroatoms. The lowest BCUT2D eigenvalue weighted by Crippen LogP contribution is -2.31. The highest BCUT2D eigenvalue weighted by molar-refractivity contribution is 7.91. The van der Waals surface area contributed by atoms with Gasteiger partial charge >= 0.3 is 0 Å². The first-order valence-electron chi connectivity index (χ1n) is 8.58. The van der Waals surface area contributed by atoms with E-state index in [-0.39, 0.29) is 9.79 Å². The summed E-state index contributed by atoms with van der Waals surface area (Å²) in [6, 6.07) is 10.6. The van der Waals surface area contributed by atoms with Crippen molar-refractivity contribution in [3.05, 3.63) is 53.8 Å². The minimum absolute atomic E-state index is 0.118. The smallest absolute Gasteiger partial charge is 0.206 e. The fourth-order valence-electron chi connectivity index (χ4n) is 3.96. The summed E-state index contributed by atoms with van der Waals surface area (Å²) in [5.41, 5.74) is 2.10. The lowest BCUT2D eigenvalue weighted by atomic mass is 9.87. The molecule has 2 aromatic rings. The Morgan fingerprint density at radius 3 is 2.56 bits per heavy atom. The predicted octanol–water partition coefficient (Wildman–Crippen LogP) is 3.17. The molecule has 2 aliphatic heterocycles. The molecule has 2 unspecified atom stereocenters. The van der Waals surface area contributed by atoms with Crippen LogP contribution in [0.5, 0.6) is 0 Å². The van der Waals surface area contributed by atoms with Gasteiger partial charge in [-0.15, -0.1) is 0 Å². The molecule has 25 heavy (non-hydrogen) atoms. The van der Waals surface area contributed by atoms with E-state index in [4.69, 9.17) is 0 Å². The third-order valence-corrected chi connectivity index (χ3v) is 7.09. The number of nitrogens with one attached hydrogen (secondary N) is 2. The number of sulfone groups is 1. The molecule has 4 rings (SSSR count). The number of fused-ring (bicyclic) bond motifs is 3. The molecule has 2 aromatic carbocycles. The van der Waals surface area contributed by atoms with Gasteiger partial charge in [-0.3, -0.25) is 0 Å².